The molecule has 2 aliphatic heterocycles. The summed E-state index contributed by atoms with van der Waals surface area (Å²) in [5, 5.41) is -0.240. The third-order valence-corrected chi connectivity index (χ3v) is 7.58. The summed E-state index contributed by atoms with van der Waals surface area (Å²) in [5.74, 6) is 0.838. The highest BCUT2D eigenvalue weighted by atomic mass is 32.2. The number of rotatable bonds is 5. The number of amides is 2. The van der Waals surface area contributed by atoms with Gasteiger partial charge in [-0.25, -0.2) is 0 Å². The van der Waals surface area contributed by atoms with Gasteiger partial charge in [0, 0.05) is 29.4 Å². The highest BCUT2D eigenvalue weighted by Gasteiger charge is 2.37. The number of hydrogen-bond donors (Lipinski definition) is 0. The van der Waals surface area contributed by atoms with Gasteiger partial charge in [0.05, 0.1) is 18.6 Å². The number of thioether (sulfide) groups is 1. The monoisotopic (exact) mass is 464 g/mol. The van der Waals surface area contributed by atoms with Crippen molar-refractivity contribution in [1.29, 1.82) is 0 Å². The van der Waals surface area contributed by atoms with E-state index in [9.17, 15) is 9.59 Å². The molecule has 0 saturated carbocycles. The summed E-state index contributed by atoms with van der Waals surface area (Å²) in [7, 11) is 1.65. The number of benzene rings is 2. The van der Waals surface area contributed by atoms with Gasteiger partial charge in [0.25, 0.3) is 11.1 Å². The zero-order valence-corrected chi connectivity index (χ0v) is 21.1. The van der Waals surface area contributed by atoms with Gasteiger partial charge < -0.3 is 9.64 Å². The van der Waals surface area contributed by atoms with Crippen LogP contribution in [-0.4, -0.2) is 35.2 Å². The molecule has 4 rings (SSSR count). The molecule has 2 aromatic carbocycles. The molecule has 2 aliphatic rings. The standard InChI is InChI=1S/C27H32N2O3S/c1-7-29-22-14-23(32-6)20(12-21(22)18(3)15-27(29,4)5)13-24-25(30)28(26(31)33-24)16-19-10-8-17(2)9-11-19/h8-14,18H,7,15-16H2,1-6H3/b24-13+. The highest BCUT2D eigenvalue weighted by Crippen LogP contribution is 2.46. The summed E-state index contributed by atoms with van der Waals surface area (Å²) in [5.41, 5.74) is 5.41. The number of anilines is 1. The number of ether oxygens (including phenoxy) is 1. The zero-order valence-electron chi connectivity index (χ0n) is 20.3. The SMILES string of the molecule is CCN1c2cc(OC)c(/C=C3/SC(=O)N(Cc4ccc(C)cc4)C3=O)cc2C(C)CC1(C)C. The molecule has 6 heteroatoms. The molecule has 174 valence electrons. The van der Waals surface area contributed by atoms with Crippen molar-refractivity contribution < 1.29 is 14.3 Å². The van der Waals surface area contributed by atoms with E-state index in [4.69, 9.17) is 4.74 Å². The minimum atomic E-state index is -0.255. The molecule has 33 heavy (non-hydrogen) atoms. The maximum absolute atomic E-state index is 13.1. The smallest absolute Gasteiger partial charge is 0.293 e. The van der Waals surface area contributed by atoms with Crippen LogP contribution in [0.2, 0.25) is 0 Å². The van der Waals surface area contributed by atoms with Gasteiger partial charge in [0.2, 0.25) is 0 Å². The average Bonchev–Trinajstić information content (AvgIpc) is 3.02. The normalized spacial score (nSPS) is 21.0. The molecule has 2 heterocycles. The number of nitrogens with zero attached hydrogens (tertiary/aromatic N) is 2. The van der Waals surface area contributed by atoms with Crippen LogP contribution in [0.4, 0.5) is 10.5 Å². The Balaban J connectivity index is 1.67. The van der Waals surface area contributed by atoms with Crippen molar-refractivity contribution in [2.24, 2.45) is 0 Å². The molecule has 0 aromatic heterocycles. The predicted molar refractivity (Wildman–Crippen MR) is 136 cm³/mol. The highest BCUT2D eigenvalue weighted by molar-refractivity contribution is 8.18. The summed E-state index contributed by atoms with van der Waals surface area (Å²) in [4.78, 5) is 29.9. The van der Waals surface area contributed by atoms with E-state index >= 15 is 0 Å². The fraction of sp³-hybridized carbons (Fsp3) is 0.407. The van der Waals surface area contributed by atoms with Gasteiger partial charge in [-0.15, -0.1) is 0 Å². The van der Waals surface area contributed by atoms with E-state index < -0.39 is 0 Å². The number of aryl methyl sites for hydroxylation is 1. The van der Waals surface area contributed by atoms with Crippen LogP contribution in [0.5, 0.6) is 5.75 Å². The Hall–Kier alpha value is -2.73. The molecular formula is C27H32N2O3S. The Kier molecular flexibility index (Phi) is 6.32. The maximum Gasteiger partial charge on any atom is 0.293 e. The van der Waals surface area contributed by atoms with E-state index in [1.54, 1.807) is 7.11 Å². The zero-order chi connectivity index (χ0) is 23.9. The number of carbonyl (C=O) groups is 2. The van der Waals surface area contributed by atoms with Crippen LogP contribution in [0.3, 0.4) is 0 Å². The van der Waals surface area contributed by atoms with Crippen LogP contribution >= 0.6 is 11.8 Å². The first-order valence-corrected chi connectivity index (χ1v) is 12.3. The molecule has 0 spiro atoms. The molecule has 1 fully saturated rings. The minimum Gasteiger partial charge on any atom is -0.496 e. The maximum atomic E-state index is 13.1. The number of hydrogen-bond acceptors (Lipinski definition) is 5. The molecule has 0 radical (unpaired) electrons. The lowest BCUT2D eigenvalue weighted by Gasteiger charge is -2.47. The summed E-state index contributed by atoms with van der Waals surface area (Å²) in [6, 6.07) is 12.1. The van der Waals surface area contributed by atoms with Gasteiger partial charge in [0.1, 0.15) is 5.75 Å². The minimum absolute atomic E-state index is 0.0618. The number of fused-ring (bicyclic) bond motifs is 1. The predicted octanol–water partition coefficient (Wildman–Crippen LogP) is 6.35. The van der Waals surface area contributed by atoms with Crippen LogP contribution in [-0.2, 0) is 11.3 Å². The largest absolute Gasteiger partial charge is 0.496 e. The van der Waals surface area contributed by atoms with E-state index in [1.807, 2.05) is 37.3 Å². The molecule has 0 bridgehead atoms. The van der Waals surface area contributed by atoms with Crippen molar-refractivity contribution in [3.8, 4) is 5.75 Å². The molecule has 1 saturated heterocycles. The molecule has 2 aromatic rings. The van der Waals surface area contributed by atoms with Crippen molar-refractivity contribution in [3.05, 3.63) is 63.6 Å². The lowest BCUT2D eigenvalue weighted by Crippen LogP contribution is -2.48. The Labute approximate surface area is 200 Å². The molecule has 1 unspecified atom stereocenters. The molecular weight excluding hydrogens is 432 g/mol. The van der Waals surface area contributed by atoms with Gasteiger partial charge in [0.15, 0.2) is 0 Å². The van der Waals surface area contributed by atoms with E-state index in [-0.39, 0.29) is 23.2 Å². The lowest BCUT2D eigenvalue weighted by molar-refractivity contribution is -0.123. The second kappa shape index (κ2) is 8.90. The third kappa shape index (κ3) is 4.41. The van der Waals surface area contributed by atoms with Crippen LogP contribution in [0.15, 0.2) is 41.3 Å². The van der Waals surface area contributed by atoms with Crippen molar-refractivity contribution in [1.82, 2.24) is 4.90 Å². The van der Waals surface area contributed by atoms with Crippen LogP contribution in [0.25, 0.3) is 6.08 Å². The van der Waals surface area contributed by atoms with E-state index in [2.05, 4.69) is 44.7 Å². The van der Waals surface area contributed by atoms with Gasteiger partial charge in [-0.2, -0.15) is 0 Å². The summed E-state index contributed by atoms with van der Waals surface area (Å²) in [6.07, 6.45) is 2.86. The Morgan fingerprint density at radius 2 is 1.88 bits per heavy atom. The molecule has 0 aliphatic carbocycles. The Morgan fingerprint density at radius 3 is 2.52 bits per heavy atom. The Bertz CT molecular complexity index is 1120. The summed E-state index contributed by atoms with van der Waals surface area (Å²) >= 11 is 0.994. The fourth-order valence-electron chi connectivity index (χ4n) is 5.07. The Morgan fingerprint density at radius 1 is 1.18 bits per heavy atom. The second-order valence-electron chi connectivity index (χ2n) is 9.57. The number of imide groups is 1. The summed E-state index contributed by atoms with van der Waals surface area (Å²) in [6.45, 7) is 12.2. The van der Waals surface area contributed by atoms with Crippen molar-refractivity contribution in [3.63, 3.8) is 0 Å². The first kappa shape index (κ1) is 23.4. The van der Waals surface area contributed by atoms with Crippen molar-refractivity contribution >= 4 is 34.7 Å². The van der Waals surface area contributed by atoms with E-state index in [0.29, 0.717) is 16.6 Å². The topological polar surface area (TPSA) is 49.9 Å². The second-order valence-corrected chi connectivity index (χ2v) is 10.6. The fourth-order valence-corrected chi connectivity index (χ4v) is 5.90. The van der Waals surface area contributed by atoms with Gasteiger partial charge in [-0.3, -0.25) is 14.5 Å². The quantitative estimate of drug-likeness (QED) is 0.483. The number of methoxy groups -OCH3 is 1. The van der Waals surface area contributed by atoms with Gasteiger partial charge in [-0.1, -0.05) is 36.8 Å². The molecule has 0 N–H and O–H groups in total. The van der Waals surface area contributed by atoms with Crippen molar-refractivity contribution in [2.75, 3.05) is 18.6 Å². The van der Waals surface area contributed by atoms with Gasteiger partial charge in [-0.05, 0) is 75.1 Å². The molecule has 2 amide bonds. The number of carbonyl (C=O) groups excluding carboxylic acids is 2. The molecule has 1 atom stereocenters. The van der Waals surface area contributed by atoms with Gasteiger partial charge >= 0.3 is 0 Å². The van der Waals surface area contributed by atoms with E-state index in [0.717, 1.165) is 41.4 Å². The third-order valence-electron chi connectivity index (χ3n) is 6.67. The summed E-state index contributed by atoms with van der Waals surface area (Å²) < 4.78 is 5.72. The first-order valence-electron chi connectivity index (χ1n) is 11.4. The van der Waals surface area contributed by atoms with Crippen LogP contribution < -0.4 is 9.64 Å². The van der Waals surface area contributed by atoms with Crippen LogP contribution in [0, 0.1) is 6.92 Å². The molecule has 5 nitrogen and oxygen atoms in total. The lowest BCUT2D eigenvalue weighted by atomic mass is 9.79. The van der Waals surface area contributed by atoms with Crippen LogP contribution in [0.1, 0.15) is 62.3 Å². The first-order chi connectivity index (χ1) is 15.6. The van der Waals surface area contributed by atoms with Crippen molar-refractivity contribution in [2.45, 2.75) is 59.0 Å². The average molecular weight is 465 g/mol. The van der Waals surface area contributed by atoms with E-state index in [1.165, 1.54) is 16.2 Å².